The van der Waals surface area contributed by atoms with E-state index in [0.717, 1.165) is 19.5 Å². The van der Waals surface area contributed by atoms with Crippen molar-refractivity contribution in [2.24, 2.45) is 0 Å². The van der Waals surface area contributed by atoms with Crippen LogP contribution in [0.25, 0.3) is 0 Å². The second kappa shape index (κ2) is 32.2. The molecule has 0 rings (SSSR count). The summed E-state index contributed by atoms with van der Waals surface area (Å²) in [6.45, 7) is 37.6. The molecule has 0 aliphatic heterocycles. The van der Waals surface area contributed by atoms with Crippen molar-refractivity contribution >= 4 is 69.8 Å². The zero-order valence-corrected chi connectivity index (χ0v) is 49.5. The van der Waals surface area contributed by atoms with E-state index < -0.39 is 98.5 Å². The lowest BCUT2D eigenvalue weighted by Gasteiger charge is -2.31. The van der Waals surface area contributed by atoms with Crippen LogP contribution in [0.5, 0.6) is 0 Å². The Bertz CT molecular complexity index is 1510. The molecule has 4 atom stereocenters. The van der Waals surface area contributed by atoms with Crippen molar-refractivity contribution in [2.75, 3.05) is 126 Å². The smallest absolute Gasteiger partial charge is 0.294 e. The zero-order chi connectivity index (χ0) is 52.1. The van der Waals surface area contributed by atoms with Gasteiger partial charge in [-0.2, -0.15) is 8.78 Å². The first-order valence-electron chi connectivity index (χ1n) is 18.2. The van der Waals surface area contributed by atoms with Gasteiger partial charge in [0, 0.05) is 13.8 Å². The van der Waals surface area contributed by atoms with Gasteiger partial charge in [-0.25, -0.2) is 8.78 Å². The van der Waals surface area contributed by atoms with Crippen LogP contribution in [-0.4, -0.2) is 181 Å². The van der Waals surface area contributed by atoms with Crippen LogP contribution in [0.15, 0.2) is 0 Å². The molecule has 13 nitrogen and oxygen atoms in total. The highest BCUT2D eigenvalue weighted by Crippen LogP contribution is 2.68. The van der Waals surface area contributed by atoms with Crippen molar-refractivity contribution < 1.29 is 78.8 Å². The van der Waals surface area contributed by atoms with Crippen LogP contribution in [0.2, 0.25) is 0 Å². The molecule has 0 unspecified atom stereocenters. The summed E-state index contributed by atoms with van der Waals surface area (Å²) in [4.78, 5) is 10.2. The average Bonchev–Trinajstić information content (AvgIpc) is 2.90. The maximum Gasteiger partial charge on any atom is 0.294 e. The van der Waals surface area contributed by atoms with Crippen LogP contribution in [0.4, 0.5) is 17.6 Å². The number of alkyl halides is 4. The van der Waals surface area contributed by atoms with Gasteiger partial charge in [0.25, 0.3) is 5.66 Å². The van der Waals surface area contributed by atoms with Crippen molar-refractivity contribution in [3.05, 3.63) is 0 Å². The molecule has 0 aliphatic carbocycles. The Morgan fingerprint density at radius 3 is 0.623 bits per heavy atom. The molecule has 0 amide bonds. The summed E-state index contributed by atoms with van der Waals surface area (Å²) in [7, 11) is -21.8. The fourth-order valence-electron chi connectivity index (χ4n) is 0.580. The fourth-order valence-corrected chi connectivity index (χ4v) is 5.22. The van der Waals surface area contributed by atoms with E-state index >= 15 is 0 Å². The third-order valence-electron chi connectivity index (χ3n) is 8.02. The summed E-state index contributed by atoms with van der Waals surface area (Å²) >= 11 is 0. The van der Waals surface area contributed by atoms with E-state index in [0.29, 0.717) is 6.92 Å². The van der Waals surface area contributed by atoms with Crippen LogP contribution in [-0.2, 0) is 45.9 Å². The number of halogens is 4. The molecule has 0 fully saturated rings. The Labute approximate surface area is 370 Å². The number of carbonyl (C=O) groups is 1. The predicted octanol–water partition coefficient (Wildman–Crippen LogP) is 13.3. The van der Waals surface area contributed by atoms with E-state index in [-0.39, 0.29) is 13.0 Å². The summed E-state index contributed by atoms with van der Waals surface area (Å²) in [5.74, 6) is -3.58. The van der Waals surface area contributed by atoms with E-state index in [1.54, 1.807) is 53.8 Å². The van der Waals surface area contributed by atoms with Gasteiger partial charge in [-0.05, 0) is 161 Å². The van der Waals surface area contributed by atoms with Gasteiger partial charge in [-0.1, -0.05) is 14.4 Å². The highest BCUT2D eigenvalue weighted by atomic mass is 31.2. The highest BCUT2D eigenvalue weighted by Gasteiger charge is 2.45. The molecule has 0 bridgehead atoms. The summed E-state index contributed by atoms with van der Waals surface area (Å²) in [5, 5.41) is 25.4. The van der Waals surface area contributed by atoms with Gasteiger partial charge in [0.1, 0.15) is 80.7 Å². The molecule has 0 radical (unpaired) electrons. The van der Waals surface area contributed by atoms with E-state index in [2.05, 4.69) is 0 Å². The quantitative estimate of drug-likeness (QED) is 0.144. The minimum atomic E-state index is -3.18. The maximum absolute atomic E-state index is 12.0. The lowest BCUT2D eigenvalue weighted by Crippen LogP contribution is -2.22. The van der Waals surface area contributed by atoms with Crippen molar-refractivity contribution in [1.82, 2.24) is 0 Å². The normalized spacial score (nSPS) is 14.6. The SMILES string of the molecule is C.CC(=O)P(C)(C)=O.CC(F)(F)P(C)(C)=O.CC(O)(P(C)(C)=O)P(C)(C)=O.CCP(C)(C)=O.C[C@@H](F)P(C)(C)=O.C[C@@H](O)P(C)(C)=O.C[C@H](F)P(C)(C)=O.C[C@H](O)P(C)(C)=O. The van der Waals surface area contributed by atoms with Gasteiger partial charge < -0.3 is 56.4 Å². The van der Waals surface area contributed by atoms with Crippen molar-refractivity contribution in [2.45, 2.75) is 97.1 Å². The number of carbonyl (C=O) groups excluding carboxylic acids is 1. The van der Waals surface area contributed by atoms with Crippen LogP contribution >= 0.6 is 64.3 Å². The molecule has 61 heavy (non-hydrogen) atoms. The lowest BCUT2D eigenvalue weighted by molar-refractivity contribution is -0.110. The van der Waals surface area contributed by atoms with E-state index in [1.807, 2.05) is 6.92 Å². The standard InChI is InChI=1S/C6H16O3P2.C4H9F2OP.2C4H10FOP.2C4H11O2P.C4H9O2P.C4H11OP.CH4/c1-6(7,10(2,3)8)11(4,5)9;1-4(5,6)8(2,3)7;5*1-4(5)7(2,3)6;1-4-6(2,3)5;/h7H,1-5H3;1-3H3;2*4H,1-3H3;2*4-5H,1-3H3;1-3H3;4H2,1-3H3;1H4/t;;4*4-;;;/m..1010.../s1. The maximum atomic E-state index is 12.0. The fraction of sp³-hybridized carbons (Fsp3) is 0.971. The van der Waals surface area contributed by atoms with Crippen molar-refractivity contribution in [3.8, 4) is 0 Å². The third-order valence-corrected chi connectivity index (χ3v) is 26.9. The van der Waals surface area contributed by atoms with Crippen molar-refractivity contribution in [3.63, 3.8) is 0 Å². The van der Waals surface area contributed by atoms with Gasteiger partial charge in [0.15, 0.2) is 10.6 Å². The summed E-state index contributed by atoms with van der Waals surface area (Å²) in [6, 6.07) is 0. The molecule has 0 aliphatic rings. The Morgan fingerprint density at radius 1 is 0.508 bits per heavy atom. The molecule has 0 aromatic rings. The molecule has 0 aromatic heterocycles. The van der Waals surface area contributed by atoms with Gasteiger partial charge in [0.05, 0.1) is 7.14 Å². The zero-order valence-electron chi connectivity index (χ0n) is 41.5. The molecule has 0 heterocycles. The Balaban J connectivity index is -0.0000000727. The first-order chi connectivity index (χ1) is 25.0. The number of rotatable bonds is 9. The predicted molar refractivity (Wildman–Crippen MR) is 269 cm³/mol. The topological polar surface area (TPSA) is 231 Å². The van der Waals surface area contributed by atoms with Crippen LogP contribution in [0.3, 0.4) is 0 Å². The Kier molecular flexibility index (Phi) is 43.5. The number of aliphatic hydroxyl groups is 3. The molecule has 0 saturated carbocycles. The average molecular weight is 1070 g/mol. The van der Waals surface area contributed by atoms with Crippen molar-refractivity contribution in [1.29, 1.82) is 0 Å². The minimum absolute atomic E-state index is 0. The number of hydrogen-bond acceptors (Lipinski definition) is 13. The first-order valence-corrected chi connectivity index (χ1v) is 42.1. The molecule has 3 N–H and O–H groups in total. The monoisotopic (exact) mass is 1070 g/mol. The van der Waals surface area contributed by atoms with E-state index in [1.165, 1.54) is 94.3 Å². The van der Waals surface area contributed by atoms with Gasteiger partial charge >= 0.3 is 0 Å². The Morgan fingerprint density at radius 2 is 0.623 bits per heavy atom. The number of aliphatic hydroxyl groups excluding tert-OH is 2. The van der Waals surface area contributed by atoms with Gasteiger partial charge in [-0.15, -0.1) is 0 Å². The Hall–Kier alpha value is 1.34. The summed E-state index contributed by atoms with van der Waals surface area (Å²) < 4.78 is 145. The van der Waals surface area contributed by atoms with Crippen LogP contribution in [0, 0.1) is 0 Å². The summed E-state index contributed by atoms with van der Waals surface area (Å²) in [5.41, 5.74) is -3.21. The largest absolute Gasteiger partial charge is 0.386 e. The van der Waals surface area contributed by atoms with Crippen LogP contribution < -0.4 is 0 Å². The molecule has 382 valence electrons. The molecular weight excluding hydrogens is 983 g/mol. The van der Waals surface area contributed by atoms with Gasteiger partial charge in [0.2, 0.25) is 0 Å². The second-order valence-corrected chi connectivity index (χ2v) is 50.3. The lowest BCUT2D eigenvalue weighted by atomic mass is 10.8. The van der Waals surface area contributed by atoms with Gasteiger partial charge in [-0.3, -0.25) is 4.79 Å². The molecular formula is C35H91F4O13P9. The minimum Gasteiger partial charge on any atom is -0.386 e. The molecule has 0 saturated heterocycles. The molecule has 26 heteroatoms. The summed E-state index contributed by atoms with van der Waals surface area (Å²) in [6.07, 6.45) is 0.826. The van der Waals surface area contributed by atoms with Crippen LogP contribution in [0.1, 0.15) is 62.8 Å². The number of hydrogen-bond donors (Lipinski definition) is 3. The molecule has 0 spiro atoms. The van der Waals surface area contributed by atoms with E-state index in [9.17, 15) is 68.5 Å². The first kappa shape index (κ1) is 82.4. The van der Waals surface area contributed by atoms with E-state index in [4.69, 9.17) is 10.2 Å². The highest BCUT2D eigenvalue weighted by molar-refractivity contribution is 7.81. The molecule has 0 aromatic carbocycles. The third kappa shape index (κ3) is 57.4. The second-order valence-electron chi connectivity index (χ2n) is 17.8.